The summed E-state index contributed by atoms with van der Waals surface area (Å²) in [4.78, 5) is 19.8. The molecule has 1 aromatic rings. The summed E-state index contributed by atoms with van der Waals surface area (Å²) in [5.41, 5.74) is 3.38. The summed E-state index contributed by atoms with van der Waals surface area (Å²) in [7, 11) is 0. The Morgan fingerprint density at radius 3 is 2.50 bits per heavy atom. The van der Waals surface area contributed by atoms with Gasteiger partial charge in [0.25, 0.3) is 5.91 Å². The molecule has 4 heteroatoms. The molecule has 1 fully saturated rings. The van der Waals surface area contributed by atoms with Gasteiger partial charge in [-0.15, -0.1) is 0 Å². The lowest BCUT2D eigenvalue weighted by atomic mass is 9.88. The van der Waals surface area contributed by atoms with Crippen LogP contribution in [0.3, 0.4) is 0 Å². The molecule has 1 unspecified atom stereocenters. The van der Waals surface area contributed by atoms with Crippen molar-refractivity contribution in [2.45, 2.75) is 70.6 Å². The van der Waals surface area contributed by atoms with Crippen molar-refractivity contribution < 1.29 is 9.53 Å². The van der Waals surface area contributed by atoms with E-state index in [2.05, 4.69) is 9.89 Å². The number of rotatable bonds is 4. The second kappa shape index (κ2) is 6.57. The molecule has 1 amide bonds. The predicted octanol–water partition coefficient (Wildman–Crippen LogP) is 4.40. The Bertz CT molecular complexity index is 751. The van der Waals surface area contributed by atoms with Gasteiger partial charge in [0.1, 0.15) is 11.4 Å². The topological polar surface area (TPSA) is 41.9 Å². The van der Waals surface area contributed by atoms with Gasteiger partial charge in [0.15, 0.2) is 0 Å². The highest BCUT2D eigenvalue weighted by Gasteiger charge is 2.39. The molecule has 1 saturated carbocycles. The average molecular weight is 352 g/mol. The van der Waals surface area contributed by atoms with Crippen molar-refractivity contribution in [1.29, 1.82) is 0 Å². The normalized spacial score (nSPS) is 22.3. The zero-order chi connectivity index (χ0) is 18.3. The first kappa shape index (κ1) is 17.3. The first-order valence-corrected chi connectivity index (χ1v) is 9.73. The molecule has 0 radical (unpaired) electrons. The molecule has 26 heavy (non-hydrogen) atoms. The summed E-state index contributed by atoms with van der Waals surface area (Å²) >= 11 is 0. The van der Waals surface area contributed by atoms with E-state index in [-0.39, 0.29) is 11.5 Å². The van der Waals surface area contributed by atoms with Crippen LogP contribution in [0.2, 0.25) is 0 Å². The maximum absolute atomic E-state index is 13.2. The smallest absolute Gasteiger partial charge is 0.254 e. The van der Waals surface area contributed by atoms with Crippen molar-refractivity contribution in [3.63, 3.8) is 0 Å². The Kier molecular flexibility index (Phi) is 4.37. The number of nitrogens with zero attached hydrogens (tertiary/aromatic N) is 2. The lowest BCUT2D eigenvalue weighted by Crippen LogP contribution is -2.43. The second-order valence-electron chi connectivity index (χ2n) is 8.68. The quantitative estimate of drug-likeness (QED) is 0.806. The third-order valence-electron chi connectivity index (χ3n) is 5.31. The lowest BCUT2D eigenvalue weighted by Gasteiger charge is -2.35. The predicted molar refractivity (Wildman–Crippen MR) is 104 cm³/mol. The van der Waals surface area contributed by atoms with Crippen LogP contribution in [-0.2, 0) is 0 Å². The molecule has 0 N–H and O–H groups in total. The van der Waals surface area contributed by atoms with E-state index in [1.807, 2.05) is 51.3 Å². The fourth-order valence-corrected chi connectivity index (χ4v) is 3.98. The van der Waals surface area contributed by atoms with Crippen LogP contribution in [0.1, 0.15) is 63.2 Å². The minimum absolute atomic E-state index is 0.166. The highest BCUT2D eigenvalue weighted by Crippen LogP contribution is 2.37. The van der Waals surface area contributed by atoms with Crippen LogP contribution in [0.15, 0.2) is 40.4 Å². The van der Waals surface area contributed by atoms with Gasteiger partial charge in [-0.1, -0.05) is 0 Å². The highest BCUT2D eigenvalue weighted by atomic mass is 16.5. The Labute approximate surface area is 155 Å². The summed E-state index contributed by atoms with van der Waals surface area (Å²) in [6, 6.07) is 8.36. The minimum atomic E-state index is -0.234. The van der Waals surface area contributed by atoms with Crippen LogP contribution in [0.5, 0.6) is 5.75 Å². The van der Waals surface area contributed by atoms with Gasteiger partial charge in [0.2, 0.25) is 0 Å². The second-order valence-corrected chi connectivity index (χ2v) is 8.68. The van der Waals surface area contributed by atoms with Crippen LogP contribution in [0.4, 0.5) is 0 Å². The fraction of sp³-hybridized carbons (Fsp3) is 0.545. The third-order valence-corrected chi connectivity index (χ3v) is 5.31. The first-order chi connectivity index (χ1) is 12.4. The molecular weight excluding hydrogens is 324 g/mol. The molecule has 0 aromatic heterocycles. The van der Waals surface area contributed by atoms with Gasteiger partial charge in [-0.3, -0.25) is 9.79 Å². The van der Waals surface area contributed by atoms with Gasteiger partial charge >= 0.3 is 0 Å². The molecular formula is C22H28N2O2. The Morgan fingerprint density at radius 2 is 1.85 bits per heavy atom. The Morgan fingerprint density at radius 1 is 1.12 bits per heavy atom. The third kappa shape index (κ3) is 3.69. The number of benzene rings is 1. The van der Waals surface area contributed by atoms with Crippen molar-refractivity contribution >= 4 is 12.1 Å². The van der Waals surface area contributed by atoms with E-state index in [1.165, 1.54) is 11.1 Å². The van der Waals surface area contributed by atoms with E-state index in [9.17, 15) is 4.79 Å². The monoisotopic (exact) mass is 352 g/mol. The Balaban J connectivity index is 1.50. The Hall–Kier alpha value is -2.10. The average Bonchev–Trinajstić information content (AvgIpc) is 3.30. The van der Waals surface area contributed by atoms with Gasteiger partial charge < -0.3 is 9.64 Å². The number of amides is 1. The van der Waals surface area contributed by atoms with E-state index in [1.54, 1.807) is 0 Å². The molecule has 3 aliphatic rings. The van der Waals surface area contributed by atoms with E-state index < -0.39 is 0 Å². The number of ether oxygens (including phenoxy) is 1. The van der Waals surface area contributed by atoms with Crippen molar-refractivity contribution in [3.8, 4) is 5.75 Å². The van der Waals surface area contributed by atoms with Crippen LogP contribution in [0, 0.1) is 0 Å². The molecule has 138 valence electrons. The molecule has 1 atom stereocenters. The maximum Gasteiger partial charge on any atom is 0.254 e. The van der Waals surface area contributed by atoms with Gasteiger partial charge in [0.05, 0.1) is 6.54 Å². The number of aliphatic imine (C=N–C) groups is 1. The molecule has 0 bridgehead atoms. The molecule has 4 rings (SSSR count). The van der Waals surface area contributed by atoms with Crippen LogP contribution < -0.4 is 4.74 Å². The summed E-state index contributed by atoms with van der Waals surface area (Å²) in [6.45, 7) is 6.95. The molecule has 2 aliphatic carbocycles. The molecule has 0 saturated heterocycles. The SMILES string of the molecule is CC(C)(C)Oc1ccc(C(=O)N(C2CC2)C2CCC3=C(C=NC3)C2)cc1. The zero-order valence-corrected chi connectivity index (χ0v) is 16.0. The van der Waals surface area contributed by atoms with Crippen molar-refractivity contribution in [2.75, 3.05) is 6.54 Å². The van der Waals surface area contributed by atoms with Gasteiger partial charge in [0, 0.05) is 23.9 Å². The number of hydrogen-bond acceptors (Lipinski definition) is 3. The highest BCUT2D eigenvalue weighted by molar-refractivity contribution is 5.95. The molecule has 1 aliphatic heterocycles. The molecule has 1 heterocycles. The summed E-state index contributed by atoms with van der Waals surface area (Å²) in [5, 5.41) is 0. The standard InChI is InChI=1S/C22H28N2O2/c1-22(2,3)26-20-10-5-15(6-11-20)21(25)24(18-8-9-18)19-7-4-16-13-23-14-17(16)12-19/h5-6,10-11,14,18-19H,4,7-9,12-13H2,1-3H3. The maximum atomic E-state index is 13.2. The van der Waals surface area contributed by atoms with Gasteiger partial charge in [-0.25, -0.2) is 0 Å². The number of carbonyl (C=O) groups is 1. The summed E-state index contributed by atoms with van der Waals surface area (Å²) < 4.78 is 5.87. The lowest BCUT2D eigenvalue weighted by molar-refractivity contribution is 0.0645. The zero-order valence-electron chi connectivity index (χ0n) is 16.0. The van der Waals surface area contributed by atoms with Crippen molar-refractivity contribution in [1.82, 2.24) is 4.90 Å². The van der Waals surface area contributed by atoms with Crippen molar-refractivity contribution in [2.24, 2.45) is 4.99 Å². The fourth-order valence-electron chi connectivity index (χ4n) is 3.98. The summed E-state index contributed by atoms with van der Waals surface area (Å²) in [6.07, 6.45) is 7.40. The van der Waals surface area contributed by atoms with E-state index in [0.717, 1.165) is 50.0 Å². The molecule has 1 aromatic carbocycles. The van der Waals surface area contributed by atoms with Crippen molar-refractivity contribution in [3.05, 3.63) is 41.0 Å². The van der Waals surface area contributed by atoms with E-state index in [4.69, 9.17) is 4.74 Å². The first-order valence-electron chi connectivity index (χ1n) is 9.73. The number of hydrogen-bond donors (Lipinski definition) is 0. The van der Waals surface area contributed by atoms with Crippen LogP contribution in [0.25, 0.3) is 0 Å². The molecule has 4 nitrogen and oxygen atoms in total. The molecule has 0 spiro atoms. The van der Waals surface area contributed by atoms with E-state index in [0.29, 0.717) is 12.1 Å². The minimum Gasteiger partial charge on any atom is -0.488 e. The van der Waals surface area contributed by atoms with Crippen LogP contribution >= 0.6 is 0 Å². The van der Waals surface area contributed by atoms with Gasteiger partial charge in [-0.2, -0.15) is 0 Å². The van der Waals surface area contributed by atoms with Gasteiger partial charge in [-0.05, 0) is 88.3 Å². The summed E-state index contributed by atoms with van der Waals surface area (Å²) in [5.74, 6) is 0.973. The largest absolute Gasteiger partial charge is 0.488 e. The van der Waals surface area contributed by atoms with E-state index >= 15 is 0 Å². The number of carbonyl (C=O) groups excluding carboxylic acids is 1. The van der Waals surface area contributed by atoms with Crippen LogP contribution in [-0.4, -0.2) is 41.3 Å².